The van der Waals surface area contributed by atoms with Crippen molar-refractivity contribution in [1.82, 2.24) is 20.2 Å². The molecule has 3 aromatic rings. The first-order chi connectivity index (χ1) is 13.7. The number of ether oxygens (including phenoxy) is 1. The number of hydrogen-bond donors (Lipinski definition) is 1. The molecular formula is C20H20N6O2. The summed E-state index contributed by atoms with van der Waals surface area (Å²) in [5.41, 5.74) is 2.45. The highest BCUT2D eigenvalue weighted by molar-refractivity contribution is 6.05. The number of aromatic nitrogens is 4. The summed E-state index contributed by atoms with van der Waals surface area (Å²) in [5, 5.41) is 6.97. The first-order valence-electron chi connectivity index (χ1n) is 9.33. The van der Waals surface area contributed by atoms with E-state index in [0.717, 1.165) is 17.1 Å². The van der Waals surface area contributed by atoms with Gasteiger partial charge in [-0.2, -0.15) is 5.10 Å². The number of nitrogens with zero attached hydrogens (tertiary/aromatic N) is 5. The van der Waals surface area contributed by atoms with Crippen molar-refractivity contribution >= 4 is 17.4 Å². The lowest BCUT2D eigenvalue weighted by molar-refractivity contribution is -0.123. The lowest BCUT2D eigenvalue weighted by Gasteiger charge is -2.45. The van der Waals surface area contributed by atoms with E-state index < -0.39 is 0 Å². The van der Waals surface area contributed by atoms with E-state index in [1.165, 1.54) is 0 Å². The molecule has 142 valence electrons. The molecule has 1 N–H and O–H groups in total. The van der Waals surface area contributed by atoms with Crippen LogP contribution in [0.3, 0.4) is 0 Å². The van der Waals surface area contributed by atoms with E-state index in [0.29, 0.717) is 31.3 Å². The van der Waals surface area contributed by atoms with Crippen LogP contribution in [0.4, 0.5) is 11.5 Å². The number of fused-ring (bicyclic) bond motifs is 3. The van der Waals surface area contributed by atoms with E-state index in [4.69, 9.17) is 9.72 Å². The van der Waals surface area contributed by atoms with Crippen LogP contribution in [-0.4, -0.2) is 51.9 Å². The van der Waals surface area contributed by atoms with Crippen molar-refractivity contribution in [3.63, 3.8) is 0 Å². The van der Waals surface area contributed by atoms with Crippen molar-refractivity contribution in [3.05, 3.63) is 54.4 Å². The molecule has 0 bridgehead atoms. The summed E-state index contributed by atoms with van der Waals surface area (Å²) in [4.78, 5) is 26.5. The molecule has 2 aliphatic heterocycles. The van der Waals surface area contributed by atoms with Crippen molar-refractivity contribution in [1.29, 1.82) is 0 Å². The number of carbonyl (C=O) groups is 1. The molecule has 1 unspecified atom stereocenters. The van der Waals surface area contributed by atoms with Gasteiger partial charge in [0.25, 0.3) is 5.91 Å². The third-order valence-corrected chi connectivity index (χ3v) is 5.33. The van der Waals surface area contributed by atoms with Gasteiger partial charge in [0, 0.05) is 12.7 Å². The van der Waals surface area contributed by atoms with Crippen LogP contribution >= 0.6 is 0 Å². The minimum atomic E-state index is -0.380. The van der Waals surface area contributed by atoms with Crippen LogP contribution in [0.2, 0.25) is 0 Å². The highest BCUT2D eigenvalue weighted by Crippen LogP contribution is 2.40. The average molecular weight is 376 g/mol. The predicted molar refractivity (Wildman–Crippen MR) is 104 cm³/mol. The summed E-state index contributed by atoms with van der Waals surface area (Å²) in [6.07, 6.45) is 3.47. The van der Waals surface area contributed by atoms with Crippen LogP contribution in [-0.2, 0) is 9.53 Å². The molecule has 4 heterocycles. The molecule has 0 spiro atoms. The highest BCUT2D eigenvalue weighted by atomic mass is 16.5. The molecule has 0 saturated carbocycles. The molecule has 0 aliphatic carbocycles. The standard InChI is InChI=1S/C20H20N6O2/c1-13(14-5-3-2-4-6-14)26-16-11-21-18(15-7-8-22-24-15)23-19(16)25-9-10-28-12-17(25)20(26)27/h2-8,11,13,17H,9-10,12H2,1H3,(H,22,24)/t13-,17?/m0/s1. The number of carbonyl (C=O) groups excluding carboxylic acids is 1. The first-order valence-corrected chi connectivity index (χ1v) is 9.33. The van der Waals surface area contributed by atoms with Gasteiger partial charge in [-0.3, -0.25) is 14.8 Å². The second-order valence-corrected chi connectivity index (χ2v) is 6.94. The van der Waals surface area contributed by atoms with Gasteiger partial charge in [0.1, 0.15) is 17.4 Å². The van der Waals surface area contributed by atoms with Crippen LogP contribution in [0.1, 0.15) is 18.5 Å². The Labute approximate surface area is 162 Å². The molecule has 2 aromatic heterocycles. The number of H-pyrrole nitrogens is 1. The molecule has 5 rings (SSSR count). The van der Waals surface area contributed by atoms with Crippen molar-refractivity contribution in [2.24, 2.45) is 0 Å². The monoisotopic (exact) mass is 376 g/mol. The predicted octanol–water partition coefficient (Wildman–Crippen LogP) is 2.18. The normalized spacial score (nSPS) is 19.9. The largest absolute Gasteiger partial charge is 0.377 e. The molecule has 2 aliphatic rings. The number of benzene rings is 1. The average Bonchev–Trinajstić information content (AvgIpc) is 3.29. The quantitative estimate of drug-likeness (QED) is 0.754. The zero-order chi connectivity index (χ0) is 19.1. The maximum Gasteiger partial charge on any atom is 0.252 e. The summed E-state index contributed by atoms with van der Waals surface area (Å²) in [5.74, 6) is 1.30. The third-order valence-electron chi connectivity index (χ3n) is 5.33. The van der Waals surface area contributed by atoms with Gasteiger partial charge in [0.05, 0.1) is 25.5 Å². The fourth-order valence-corrected chi connectivity index (χ4v) is 3.88. The zero-order valence-corrected chi connectivity index (χ0v) is 15.4. The number of aromatic amines is 1. The van der Waals surface area contributed by atoms with Gasteiger partial charge in [-0.15, -0.1) is 0 Å². The minimum absolute atomic E-state index is 0.0136. The van der Waals surface area contributed by atoms with Crippen molar-refractivity contribution < 1.29 is 9.53 Å². The summed E-state index contributed by atoms with van der Waals surface area (Å²) < 4.78 is 5.61. The summed E-state index contributed by atoms with van der Waals surface area (Å²) >= 11 is 0. The third kappa shape index (κ3) is 2.65. The Morgan fingerprint density at radius 1 is 1.25 bits per heavy atom. The number of nitrogens with one attached hydrogen (secondary N) is 1. The van der Waals surface area contributed by atoms with E-state index in [-0.39, 0.29) is 18.0 Å². The molecule has 2 atom stereocenters. The number of morpholine rings is 1. The molecule has 1 fully saturated rings. The summed E-state index contributed by atoms with van der Waals surface area (Å²) in [6.45, 7) is 3.57. The SMILES string of the molecule is C[C@@H](c1ccccc1)N1C(=O)C2COCCN2c2nc(-c3cc[nH]n3)ncc21. The van der Waals surface area contributed by atoms with Crippen LogP contribution in [0, 0.1) is 0 Å². The zero-order valence-electron chi connectivity index (χ0n) is 15.4. The number of amides is 1. The smallest absolute Gasteiger partial charge is 0.252 e. The fraction of sp³-hybridized carbons (Fsp3) is 0.300. The molecular weight excluding hydrogens is 356 g/mol. The van der Waals surface area contributed by atoms with E-state index in [9.17, 15) is 4.79 Å². The molecule has 8 nitrogen and oxygen atoms in total. The van der Waals surface area contributed by atoms with Crippen LogP contribution in [0.25, 0.3) is 11.5 Å². The van der Waals surface area contributed by atoms with Gasteiger partial charge < -0.3 is 9.64 Å². The van der Waals surface area contributed by atoms with Crippen molar-refractivity contribution in [2.45, 2.75) is 19.0 Å². The second-order valence-electron chi connectivity index (χ2n) is 6.94. The van der Waals surface area contributed by atoms with Crippen LogP contribution < -0.4 is 9.80 Å². The molecule has 28 heavy (non-hydrogen) atoms. The maximum atomic E-state index is 13.4. The van der Waals surface area contributed by atoms with Crippen molar-refractivity contribution in [2.75, 3.05) is 29.6 Å². The van der Waals surface area contributed by atoms with Gasteiger partial charge in [0.2, 0.25) is 0 Å². The Bertz CT molecular complexity index is 991. The second kappa shape index (κ2) is 6.72. The number of rotatable bonds is 3. The van der Waals surface area contributed by atoms with Gasteiger partial charge in [-0.05, 0) is 18.6 Å². The molecule has 1 saturated heterocycles. The van der Waals surface area contributed by atoms with E-state index in [2.05, 4.69) is 15.2 Å². The number of hydrogen-bond acceptors (Lipinski definition) is 6. The van der Waals surface area contributed by atoms with E-state index in [1.54, 1.807) is 17.3 Å². The Morgan fingerprint density at radius 3 is 2.89 bits per heavy atom. The van der Waals surface area contributed by atoms with E-state index >= 15 is 0 Å². The number of anilines is 2. The highest BCUT2D eigenvalue weighted by Gasteiger charge is 2.43. The summed E-state index contributed by atoms with van der Waals surface area (Å²) in [6, 6.07) is 11.3. The fourth-order valence-electron chi connectivity index (χ4n) is 3.88. The van der Waals surface area contributed by atoms with E-state index in [1.807, 2.05) is 48.2 Å². The maximum absolute atomic E-state index is 13.4. The van der Waals surface area contributed by atoms with Gasteiger partial charge in [0.15, 0.2) is 11.6 Å². The van der Waals surface area contributed by atoms with Crippen LogP contribution in [0.15, 0.2) is 48.8 Å². The Balaban J connectivity index is 1.64. The molecule has 0 radical (unpaired) electrons. The topological polar surface area (TPSA) is 87.2 Å². The Hall–Kier alpha value is -3.26. The molecule has 1 amide bonds. The summed E-state index contributed by atoms with van der Waals surface area (Å²) in [7, 11) is 0. The van der Waals surface area contributed by atoms with Gasteiger partial charge in [-0.25, -0.2) is 9.97 Å². The van der Waals surface area contributed by atoms with Gasteiger partial charge >= 0.3 is 0 Å². The lowest BCUT2D eigenvalue weighted by Crippen LogP contribution is -2.59. The van der Waals surface area contributed by atoms with Crippen LogP contribution in [0.5, 0.6) is 0 Å². The van der Waals surface area contributed by atoms with Crippen molar-refractivity contribution in [3.8, 4) is 11.5 Å². The Morgan fingerprint density at radius 2 is 2.11 bits per heavy atom. The lowest BCUT2D eigenvalue weighted by atomic mass is 10.0. The van der Waals surface area contributed by atoms with Gasteiger partial charge in [-0.1, -0.05) is 30.3 Å². The first kappa shape index (κ1) is 16.9. The molecule has 1 aromatic carbocycles. The minimum Gasteiger partial charge on any atom is -0.377 e. The molecule has 8 heteroatoms. The Kier molecular flexibility index (Phi) is 4.05.